The number of rotatable bonds is 5. The van der Waals surface area contributed by atoms with E-state index in [-0.39, 0.29) is 0 Å². The lowest BCUT2D eigenvalue weighted by Crippen LogP contribution is -2.44. The maximum atomic E-state index is 6.06. The van der Waals surface area contributed by atoms with Crippen molar-refractivity contribution in [2.24, 2.45) is 0 Å². The van der Waals surface area contributed by atoms with Gasteiger partial charge in [-0.3, -0.25) is 4.90 Å². The van der Waals surface area contributed by atoms with Gasteiger partial charge >= 0.3 is 0 Å². The first kappa shape index (κ1) is 13.3. The van der Waals surface area contributed by atoms with Gasteiger partial charge in [-0.2, -0.15) is 0 Å². The number of fused-ring (bicyclic) bond motifs is 1. The van der Waals surface area contributed by atoms with E-state index < -0.39 is 0 Å². The molecule has 1 aliphatic heterocycles. The van der Waals surface area contributed by atoms with E-state index in [0.717, 1.165) is 25.2 Å². The minimum absolute atomic E-state index is 0.299. The van der Waals surface area contributed by atoms with Crippen LogP contribution in [0.5, 0.6) is 0 Å². The molecule has 1 aromatic carbocycles. The Morgan fingerprint density at radius 1 is 1.28 bits per heavy atom. The van der Waals surface area contributed by atoms with E-state index in [2.05, 4.69) is 11.0 Å². The summed E-state index contributed by atoms with van der Waals surface area (Å²) in [7, 11) is 3.46. The third-order valence-corrected chi connectivity index (χ3v) is 3.57. The van der Waals surface area contributed by atoms with E-state index in [4.69, 9.17) is 15.2 Å². The second-order valence-corrected chi connectivity index (χ2v) is 4.77. The SMILES string of the molecule is COCC(COC)N1CCc2cccc(N)c2C1. The maximum absolute atomic E-state index is 6.06. The molecule has 100 valence electrons. The summed E-state index contributed by atoms with van der Waals surface area (Å²) >= 11 is 0. The van der Waals surface area contributed by atoms with Crippen LogP contribution in [-0.4, -0.2) is 44.9 Å². The van der Waals surface area contributed by atoms with Crippen LogP contribution in [0.1, 0.15) is 11.1 Å². The van der Waals surface area contributed by atoms with Crippen LogP contribution in [0.4, 0.5) is 5.69 Å². The second-order valence-electron chi connectivity index (χ2n) is 4.77. The van der Waals surface area contributed by atoms with Crippen molar-refractivity contribution in [3.05, 3.63) is 29.3 Å². The predicted octanol–water partition coefficient (Wildman–Crippen LogP) is 1.29. The maximum Gasteiger partial charge on any atom is 0.0640 e. The highest BCUT2D eigenvalue weighted by molar-refractivity contribution is 5.51. The van der Waals surface area contributed by atoms with E-state index in [1.807, 2.05) is 12.1 Å². The summed E-state index contributed by atoms with van der Waals surface area (Å²) in [5, 5.41) is 0. The van der Waals surface area contributed by atoms with Gasteiger partial charge in [-0.15, -0.1) is 0 Å². The molecule has 4 nitrogen and oxygen atoms in total. The third kappa shape index (κ3) is 2.83. The Kier molecular flexibility index (Phi) is 4.58. The minimum atomic E-state index is 0.299. The lowest BCUT2D eigenvalue weighted by atomic mass is 9.97. The molecule has 0 amide bonds. The van der Waals surface area contributed by atoms with Crippen LogP contribution in [0.25, 0.3) is 0 Å². The first-order chi connectivity index (χ1) is 8.76. The third-order valence-electron chi connectivity index (χ3n) is 3.57. The summed E-state index contributed by atoms with van der Waals surface area (Å²) in [5.41, 5.74) is 9.60. The Bertz CT molecular complexity index is 389. The van der Waals surface area contributed by atoms with E-state index in [9.17, 15) is 0 Å². The molecule has 0 aliphatic carbocycles. The molecule has 0 unspecified atom stereocenters. The monoisotopic (exact) mass is 250 g/mol. The second kappa shape index (κ2) is 6.18. The topological polar surface area (TPSA) is 47.7 Å². The quantitative estimate of drug-likeness (QED) is 0.800. The Labute approximate surface area is 109 Å². The predicted molar refractivity (Wildman–Crippen MR) is 72.5 cm³/mol. The molecule has 1 aliphatic rings. The largest absolute Gasteiger partial charge is 0.398 e. The van der Waals surface area contributed by atoms with Gasteiger partial charge < -0.3 is 15.2 Å². The van der Waals surface area contributed by atoms with Crippen LogP contribution in [0.3, 0.4) is 0 Å². The number of ether oxygens (including phenoxy) is 2. The highest BCUT2D eigenvalue weighted by Gasteiger charge is 2.24. The molecule has 18 heavy (non-hydrogen) atoms. The summed E-state index contributed by atoms with van der Waals surface area (Å²) in [6.45, 7) is 3.30. The van der Waals surface area contributed by atoms with Gasteiger partial charge in [-0.25, -0.2) is 0 Å². The van der Waals surface area contributed by atoms with Crippen molar-refractivity contribution in [2.75, 3.05) is 39.7 Å². The molecule has 0 radical (unpaired) electrons. The normalized spacial score (nSPS) is 15.9. The molecule has 0 atom stereocenters. The van der Waals surface area contributed by atoms with E-state index in [1.165, 1.54) is 11.1 Å². The Morgan fingerprint density at radius 3 is 2.67 bits per heavy atom. The minimum Gasteiger partial charge on any atom is -0.398 e. The molecule has 2 rings (SSSR count). The summed E-state index contributed by atoms with van der Waals surface area (Å²) in [5.74, 6) is 0. The van der Waals surface area contributed by atoms with Crippen molar-refractivity contribution >= 4 is 5.69 Å². The highest BCUT2D eigenvalue weighted by atomic mass is 16.5. The number of nitrogens with zero attached hydrogens (tertiary/aromatic N) is 1. The molecule has 2 N–H and O–H groups in total. The van der Waals surface area contributed by atoms with Gasteiger partial charge in [0, 0.05) is 33.0 Å². The number of benzene rings is 1. The van der Waals surface area contributed by atoms with Gasteiger partial charge in [0.15, 0.2) is 0 Å². The first-order valence-electron chi connectivity index (χ1n) is 6.34. The standard InChI is InChI=1S/C14H22N2O2/c1-17-9-12(10-18-2)16-7-6-11-4-3-5-14(15)13(11)8-16/h3-5,12H,6-10,15H2,1-2H3. The summed E-state index contributed by atoms with van der Waals surface area (Å²) in [6, 6.07) is 6.48. The van der Waals surface area contributed by atoms with Crippen molar-refractivity contribution in [2.45, 2.75) is 19.0 Å². The Balaban J connectivity index is 2.12. The van der Waals surface area contributed by atoms with Crippen molar-refractivity contribution in [1.82, 2.24) is 4.90 Å². The van der Waals surface area contributed by atoms with Crippen molar-refractivity contribution in [1.29, 1.82) is 0 Å². The number of methoxy groups -OCH3 is 2. The molecule has 0 aromatic heterocycles. The van der Waals surface area contributed by atoms with Crippen molar-refractivity contribution in [3.8, 4) is 0 Å². The molecule has 4 heteroatoms. The fourth-order valence-electron chi connectivity index (χ4n) is 2.58. The van der Waals surface area contributed by atoms with Crippen molar-refractivity contribution < 1.29 is 9.47 Å². The van der Waals surface area contributed by atoms with E-state index in [1.54, 1.807) is 14.2 Å². The zero-order chi connectivity index (χ0) is 13.0. The number of nitrogens with two attached hydrogens (primary N) is 1. The van der Waals surface area contributed by atoms with Crippen LogP contribution in [0.15, 0.2) is 18.2 Å². The zero-order valence-electron chi connectivity index (χ0n) is 11.2. The van der Waals surface area contributed by atoms with E-state index in [0.29, 0.717) is 19.3 Å². The first-order valence-corrected chi connectivity index (χ1v) is 6.34. The van der Waals surface area contributed by atoms with Crippen LogP contribution < -0.4 is 5.73 Å². The highest BCUT2D eigenvalue weighted by Crippen LogP contribution is 2.25. The molecule has 1 heterocycles. The number of nitrogen functional groups attached to an aromatic ring is 1. The molecular weight excluding hydrogens is 228 g/mol. The van der Waals surface area contributed by atoms with Gasteiger partial charge in [-0.05, 0) is 23.6 Å². The van der Waals surface area contributed by atoms with Crippen LogP contribution in [0, 0.1) is 0 Å². The average Bonchev–Trinajstić information content (AvgIpc) is 2.39. The van der Waals surface area contributed by atoms with Gasteiger partial charge in [-0.1, -0.05) is 12.1 Å². The van der Waals surface area contributed by atoms with Gasteiger partial charge in [0.1, 0.15) is 0 Å². The molecule has 0 saturated carbocycles. The smallest absolute Gasteiger partial charge is 0.0640 e. The lowest BCUT2D eigenvalue weighted by molar-refractivity contribution is 0.0293. The Morgan fingerprint density at radius 2 is 2.00 bits per heavy atom. The number of hydrogen-bond donors (Lipinski definition) is 1. The molecule has 0 spiro atoms. The molecular formula is C14H22N2O2. The Hall–Kier alpha value is -1.10. The summed E-state index contributed by atoms with van der Waals surface area (Å²) < 4.78 is 10.6. The number of hydrogen-bond acceptors (Lipinski definition) is 4. The van der Waals surface area contributed by atoms with Crippen molar-refractivity contribution in [3.63, 3.8) is 0 Å². The fraction of sp³-hybridized carbons (Fsp3) is 0.571. The van der Waals surface area contributed by atoms with Crippen LogP contribution in [-0.2, 0) is 22.4 Å². The molecule has 0 bridgehead atoms. The van der Waals surface area contributed by atoms with Crippen LogP contribution >= 0.6 is 0 Å². The van der Waals surface area contributed by atoms with Crippen LogP contribution in [0.2, 0.25) is 0 Å². The average molecular weight is 250 g/mol. The summed E-state index contributed by atoms with van der Waals surface area (Å²) in [6.07, 6.45) is 1.05. The molecule has 0 saturated heterocycles. The zero-order valence-corrected chi connectivity index (χ0v) is 11.2. The van der Waals surface area contributed by atoms with Gasteiger partial charge in [0.2, 0.25) is 0 Å². The number of anilines is 1. The fourth-order valence-corrected chi connectivity index (χ4v) is 2.58. The lowest BCUT2D eigenvalue weighted by Gasteiger charge is -2.35. The van der Waals surface area contributed by atoms with E-state index >= 15 is 0 Å². The molecule has 1 aromatic rings. The van der Waals surface area contributed by atoms with Gasteiger partial charge in [0.25, 0.3) is 0 Å². The molecule has 0 fully saturated rings. The van der Waals surface area contributed by atoms with Gasteiger partial charge in [0.05, 0.1) is 19.3 Å². The summed E-state index contributed by atoms with van der Waals surface area (Å²) in [4.78, 5) is 2.39.